The molecule has 0 aromatic carbocycles. The molecular weight excluding hydrogens is 318 g/mol. The summed E-state index contributed by atoms with van der Waals surface area (Å²) in [7, 11) is -4.79. The lowest BCUT2D eigenvalue weighted by atomic mass is 10.0. The van der Waals surface area contributed by atoms with Gasteiger partial charge in [-0.25, -0.2) is 4.79 Å². The van der Waals surface area contributed by atoms with E-state index in [2.05, 4.69) is 9.28 Å². The fourth-order valence-electron chi connectivity index (χ4n) is 2.54. The monoisotopic (exact) mass is 335 g/mol. The fraction of sp³-hybridized carbons (Fsp3) is 0.700. The molecule has 2 fully saturated rings. The Morgan fingerprint density at radius 1 is 1.45 bits per heavy atom. The van der Waals surface area contributed by atoms with Crippen LogP contribution in [-0.4, -0.2) is 65.9 Å². The van der Waals surface area contributed by atoms with Crippen molar-refractivity contribution in [1.29, 1.82) is 0 Å². The molecule has 0 saturated carbocycles. The minimum Gasteiger partial charge on any atom is -0.385 e. The van der Waals surface area contributed by atoms with Gasteiger partial charge in [-0.1, -0.05) is 0 Å². The lowest BCUT2D eigenvalue weighted by molar-refractivity contribution is -0.117. The molecule has 0 radical (unpaired) electrons. The van der Waals surface area contributed by atoms with Crippen LogP contribution in [0.2, 0.25) is 0 Å². The maximum Gasteiger partial charge on any atom is 0.418 e. The Balaban J connectivity index is 2.13. The Kier molecular flexibility index (Phi) is 4.65. The zero-order valence-corrected chi connectivity index (χ0v) is 12.4. The van der Waals surface area contributed by atoms with Gasteiger partial charge in [0.15, 0.2) is 0 Å². The summed E-state index contributed by atoms with van der Waals surface area (Å²) in [6.45, 7) is 0.307. The Morgan fingerprint density at radius 2 is 2.14 bits per heavy atom. The largest absolute Gasteiger partial charge is 0.418 e. The van der Waals surface area contributed by atoms with Crippen molar-refractivity contribution in [2.24, 2.45) is 16.5 Å². The normalized spacial score (nSPS) is 25.7. The van der Waals surface area contributed by atoms with Gasteiger partial charge in [0.25, 0.3) is 0 Å². The van der Waals surface area contributed by atoms with Gasteiger partial charge in [0.05, 0.1) is 12.1 Å². The fourth-order valence-corrected chi connectivity index (χ4v) is 2.93. The molecule has 2 aliphatic heterocycles. The van der Waals surface area contributed by atoms with Crippen LogP contribution in [0.4, 0.5) is 4.79 Å². The van der Waals surface area contributed by atoms with E-state index in [0.29, 0.717) is 17.9 Å². The zero-order valence-electron chi connectivity index (χ0n) is 11.6. The van der Waals surface area contributed by atoms with Gasteiger partial charge in [0.2, 0.25) is 5.91 Å². The van der Waals surface area contributed by atoms with Gasteiger partial charge in [-0.2, -0.15) is 18.5 Å². The molecule has 124 valence electrons. The number of carbonyl (C=O) groups is 2. The molecule has 2 bridgehead atoms. The summed E-state index contributed by atoms with van der Waals surface area (Å²) in [6.07, 6.45) is 0.832. The van der Waals surface area contributed by atoms with E-state index in [-0.39, 0.29) is 25.3 Å². The maximum atomic E-state index is 12.1. The molecule has 2 rings (SSSR count). The van der Waals surface area contributed by atoms with Crippen LogP contribution in [0.25, 0.3) is 0 Å². The van der Waals surface area contributed by atoms with Crippen molar-refractivity contribution in [3.8, 4) is 0 Å². The van der Waals surface area contributed by atoms with E-state index in [0.717, 1.165) is 0 Å². The lowest BCUT2D eigenvalue weighted by Crippen LogP contribution is -2.48. The number of urea groups is 1. The van der Waals surface area contributed by atoms with Crippen LogP contribution in [0, 0.1) is 0 Å². The number of rotatable bonds is 5. The van der Waals surface area contributed by atoms with Crippen LogP contribution in [0.15, 0.2) is 4.99 Å². The second kappa shape index (κ2) is 6.16. The Morgan fingerprint density at radius 3 is 2.73 bits per heavy atom. The maximum absolute atomic E-state index is 12.1. The van der Waals surface area contributed by atoms with Crippen LogP contribution in [0.5, 0.6) is 0 Å². The zero-order chi connectivity index (χ0) is 16.5. The summed E-state index contributed by atoms with van der Waals surface area (Å²) in [5.41, 5.74) is 11.0. The number of hydroxylamine groups is 2. The van der Waals surface area contributed by atoms with Crippen molar-refractivity contribution in [3.63, 3.8) is 0 Å². The molecule has 2 atom stereocenters. The highest BCUT2D eigenvalue weighted by atomic mass is 32.3. The van der Waals surface area contributed by atoms with Crippen LogP contribution < -0.4 is 11.5 Å². The molecule has 0 aliphatic carbocycles. The van der Waals surface area contributed by atoms with E-state index in [4.69, 9.17) is 16.0 Å². The van der Waals surface area contributed by atoms with Crippen molar-refractivity contribution in [2.75, 3.05) is 13.1 Å². The highest BCUT2D eigenvalue weighted by Crippen LogP contribution is 2.30. The van der Waals surface area contributed by atoms with E-state index in [9.17, 15) is 18.0 Å². The average molecular weight is 335 g/mol. The topological polar surface area (TPSA) is 169 Å². The third-order valence-corrected chi connectivity index (χ3v) is 3.80. The second-order valence-electron chi connectivity index (χ2n) is 4.98. The van der Waals surface area contributed by atoms with E-state index in [1.807, 2.05) is 0 Å². The van der Waals surface area contributed by atoms with Crippen LogP contribution in [0.3, 0.4) is 0 Å². The molecule has 3 amide bonds. The van der Waals surface area contributed by atoms with Crippen molar-refractivity contribution in [3.05, 3.63) is 0 Å². The van der Waals surface area contributed by atoms with Gasteiger partial charge < -0.3 is 16.4 Å². The molecule has 2 saturated heterocycles. The third-order valence-electron chi connectivity index (χ3n) is 3.45. The quantitative estimate of drug-likeness (QED) is 0.301. The Bertz CT molecular complexity index is 605. The van der Waals surface area contributed by atoms with E-state index < -0.39 is 34.4 Å². The number of fused-ring (bicyclic) bond motifs is 2. The Labute approximate surface area is 126 Å². The van der Waals surface area contributed by atoms with Crippen molar-refractivity contribution >= 4 is 28.2 Å². The summed E-state index contributed by atoms with van der Waals surface area (Å²) in [6, 6.07) is -1.90. The molecule has 22 heavy (non-hydrogen) atoms. The SMILES string of the molecule is NCCC(=O)N=C(N)[C@@H]1CC[C@@H]2CN1C(=O)N2OS(=O)(=O)O. The molecule has 0 aromatic rings. The number of aliphatic imine (C=N–C) groups is 1. The molecule has 2 aliphatic rings. The summed E-state index contributed by atoms with van der Waals surface area (Å²) >= 11 is 0. The number of amidine groups is 1. The first-order chi connectivity index (χ1) is 10.2. The van der Waals surface area contributed by atoms with Gasteiger partial charge >= 0.3 is 16.4 Å². The Hall–Kier alpha value is -1.76. The van der Waals surface area contributed by atoms with Crippen LogP contribution in [0.1, 0.15) is 19.3 Å². The summed E-state index contributed by atoms with van der Waals surface area (Å²) in [4.78, 5) is 28.5. The number of nitrogens with zero attached hydrogens (tertiary/aromatic N) is 3. The smallest absolute Gasteiger partial charge is 0.385 e. The second-order valence-corrected chi connectivity index (χ2v) is 5.98. The minimum atomic E-state index is -4.79. The van der Waals surface area contributed by atoms with E-state index in [1.54, 1.807) is 0 Å². The van der Waals surface area contributed by atoms with Gasteiger partial charge in [0, 0.05) is 19.5 Å². The molecule has 0 spiro atoms. The molecule has 2 heterocycles. The first kappa shape index (κ1) is 16.6. The number of carbonyl (C=O) groups excluding carboxylic acids is 2. The predicted molar refractivity (Wildman–Crippen MR) is 73.7 cm³/mol. The van der Waals surface area contributed by atoms with Crippen molar-refractivity contribution in [1.82, 2.24) is 9.96 Å². The molecule has 11 nitrogen and oxygen atoms in total. The molecule has 12 heteroatoms. The van der Waals surface area contributed by atoms with Gasteiger partial charge in [-0.05, 0) is 12.8 Å². The third kappa shape index (κ3) is 3.52. The van der Waals surface area contributed by atoms with E-state index in [1.165, 1.54) is 4.90 Å². The minimum absolute atomic E-state index is 0.0287. The average Bonchev–Trinajstić information content (AvgIpc) is 2.63. The number of nitrogens with two attached hydrogens (primary N) is 2. The van der Waals surface area contributed by atoms with Gasteiger partial charge in [0.1, 0.15) is 5.84 Å². The summed E-state index contributed by atoms with van der Waals surface area (Å²) in [5, 5.41) is 0.602. The highest BCUT2D eigenvalue weighted by Gasteiger charge is 2.48. The van der Waals surface area contributed by atoms with Gasteiger partial charge in [-0.3, -0.25) is 9.35 Å². The molecule has 0 aromatic heterocycles. The molecular formula is C10H17N5O6S. The summed E-state index contributed by atoms with van der Waals surface area (Å²) in [5.74, 6) is -0.515. The lowest BCUT2D eigenvalue weighted by Gasteiger charge is -2.29. The van der Waals surface area contributed by atoms with E-state index >= 15 is 0 Å². The highest BCUT2D eigenvalue weighted by molar-refractivity contribution is 7.80. The van der Waals surface area contributed by atoms with Gasteiger partial charge in [-0.15, -0.1) is 4.28 Å². The molecule has 0 unspecified atom stereocenters. The summed E-state index contributed by atoms with van der Waals surface area (Å²) < 4.78 is 34.5. The first-order valence-corrected chi connectivity index (χ1v) is 7.93. The van der Waals surface area contributed by atoms with Crippen molar-refractivity contribution in [2.45, 2.75) is 31.3 Å². The van der Waals surface area contributed by atoms with Crippen LogP contribution in [-0.2, 0) is 19.5 Å². The standard InChI is InChI=1S/C10H17N5O6S/c11-4-3-8(16)13-9(12)7-2-1-6-5-14(7)10(17)15(6)21-22(18,19)20/h6-7H,1-5,11H2,(H2,12,13,16)(H,18,19,20)/t6-,7+/m1/s1. The predicted octanol–water partition coefficient (Wildman–Crippen LogP) is -1.78. The number of hydrogen-bond donors (Lipinski definition) is 3. The number of hydrogen-bond acceptors (Lipinski definition) is 6. The first-order valence-electron chi connectivity index (χ1n) is 6.56. The van der Waals surface area contributed by atoms with Crippen molar-refractivity contribution < 1.29 is 26.8 Å². The van der Waals surface area contributed by atoms with Crippen LogP contribution >= 0.6 is 0 Å². The molecule has 5 N–H and O–H groups in total. The number of piperidine rings is 1. The number of amides is 3.